The molecule has 1 heterocycles. The molecule has 0 saturated heterocycles. The van der Waals surface area contributed by atoms with E-state index in [4.69, 9.17) is 14.9 Å². The third-order valence-corrected chi connectivity index (χ3v) is 2.65. The highest BCUT2D eigenvalue weighted by atomic mass is 16.5. The number of carbonyl (C=O) groups excluding carboxylic acids is 2. The molecule has 0 unspecified atom stereocenters. The van der Waals surface area contributed by atoms with E-state index in [0.717, 1.165) is 5.56 Å². The van der Waals surface area contributed by atoms with Gasteiger partial charge in [0.2, 0.25) is 0 Å². The van der Waals surface area contributed by atoms with Gasteiger partial charge in [-0.1, -0.05) is 12.1 Å². The van der Waals surface area contributed by atoms with Crippen LogP contribution in [0.1, 0.15) is 23.0 Å². The summed E-state index contributed by atoms with van der Waals surface area (Å²) >= 11 is 0. The topological polar surface area (TPSA) is 107 Å². The highest BCUT2D eigenvalue weighted by Gasteiger charge is 2.09. The van der Waals surface area contributed by atoms with Crippen LogP contribution in [0.2, 0.25) is 0 Å². The molecule has 0 radical (unpaired) electrons. The molecule has 7 heteroatoms. The number of nitrogens with one attached hydrogen (secondary N) is 1. The lowest BCUT2D eigenvalue weighted by Gasteiger charge is -2.03. The highest BCUT2D eigenvalue weighted by molar-refractivity contribution is 5.91. The van der Waals surface area contributed by atoms with Gasteiger partial charge in [-0.15, -0.1) is 0 Å². The van der Waals surface area contributed by atoms with Gasteiger partial charge < -0.3 is 14.9 Å². The number of esters is 1. The number of urea groups is 1. The predicted molar refractivity (Wildman–Crippen MR) is 80.4 cm³/mol. The fourth-order valence-corrected chi connectivity index (χ4v) is 1.75. The number of hydrogen-bond acceptors (Lipinski definition) is 5. The molecule has 114 valence electrons. The molecular formula is C15H15N3O4. The minimum atomic E-state index is -0.759. The number of primary amides is 1. The first-order chi connectivity index (χ1) is 10.6. The van der Waals surface area contributed by atoms with Crippen LogP contribution >= 0.6 is 0 Å². The summed E-state index contributed by atoms with van der Waals surface area (Å²) in [6.45, 7) is 2.07. The second kappa shape index (κ2) is 7.07. The summed E-state index contributed by atoms with van der Waals surface area (Å²) in [6.07, 6.45) is 1.32. The Morgan fingerprint density at radius 2 is 2.18 bits per heavy atom. The first-order valence-electron chi connectivity index (χ1n) is 6.56. The molecule has 0 spiro atoms. The quantitative estimate of drug-likeness (QED) is 0.501. The molecule has 22 heavy (non-hydrogen) atoms. The molecule has 3 N–H and O–H groups in total. The van der Waals surface area contributed by atoms with Gasteiger partial charge in [0, 0.05) is 5.56 Å². The lowest BCUT2D eigenvalue weighted by Crippen LogP contribution is -2.24. The zero-order valence-electron chi connectivity index (χ0n) is 11.9. The van der Waals surface area contributed by atoms with Crippen LogP contribution in [0.25, 0.3) is 11.3 Å². The van der Waals surface area contributed by atoms with Gasteiger partial charge >= 0.3 is 12.0 Å². The number of ether oxygens (including phenoxy) is 1. The number of nitrogens with two attached hydrogens (primary N) is 1. The van der Waals surface area contributed by atoms with E-state index in [2.05, 4.69) is 10.5 Å². The summed E-state index contributed by atoms with van der Waals surface area (Å²) in [5.74, 6) is 0.611. The molecule has 1 aromatic carbocycles. The number of furan rings is 1. The first kappa shape index (κ1) is 15.3. The summed E-state index contributed by atoms with van der Waals surface area (Å²) < 4.78 is 10.5. The van der Waals surface area contributed by atoms with Crippen molar-refractivity contribution in [1.29, 1.82) is 0 Å². The largest absolute Gasteiger partial charge is 0.462 e. The van der Waals surface area contributed by atoms with Crippen molar-refractivity contribution < 1.29 is 18.7 Å². The monoisotopic (exact) mass is 301 g/mol. The lowest BCUT2D eigenvalue weighted by molar-refractivity contribution is 0.0526. The Labute approximate surface area is 126 Å². The summed E-state index contributed by atoms with van der Waals surface area (Å²) in [4.78, 5) is 22.2. The highest BCUT2D eigenvalue weighted by Crippen LogP contribution is 2.22. The van der Waals surface area contributed by atoms with Crippen LogP contribution in [-0.4, -0.2) is 24.8 Å². The van der Waals surface area contributed by atoms with Crippen LogP contribution in [0.4, 0.5) is 4.79 Å². The van der Waals surface area contributed by atoms with E-state index in [0.29, 0.717) is 23.7 Å². The van der Waals surface area contributed by atoms with Gasteiger partial charge in [-0.25, -0.2) is 15.0 Å². The first-order valence-corrected chi connectivity index (χ1v) is 6.56. The van der Waals surface area contributed by atoms with E-state index in [9.17, 15) is 9.59 Å². The van der Waals surface area contributed by atoms with Crippen LogP contribution in [0.3, 0.4) is 0 Å². The molecule has 2 amide bonds. The maximum absolute atomic E-state index is 11.7. The number of amides is 2. The standard InChI is InChI=1S/C15H15N3O4/c1-2-21-14(19)11-5-3-4-10(8-11)13-7-6-12(22-13)9-17-18-15(16)20/h3-9H,2H2,1H3,(H3,16,18,20). The summed E-state index contributed by atoms with van der Waals surface area (Å²) in [5, 5.41) is 3.60. The maximum atomic E-state index is 11.7. The minimum absolute atomic E-state index is 0.317. The number of hydrogen-bond donors (Lipinski definition) is 2. The molecule has 0 fully saturated rings. The molecule has 7 nitrogen and oxygen atoms in total. The molecule has 0 aliphatic heterocycles. The second-order valence-corrected chi connectivity index (χ2v) is 4.24. The SMILES string of the molecule is CCOC(=O)c1cccc(-c2ccc(C=NNC(N)=O)o2)c1. The number of carbonyl (C=O) groups is 2. The van der Waals surface area contributed by atoms with E-state index >= 15 is 0 Å². The van der Waals surface area contributed by atoms with Gasteiger partial charge in [-0.2, -0.15) is 5.10 Å². The molecule has 0 aliphatic carbocycles. The van der Waals surface area contributed by atoms with E-state index in [1.54, 1.807) is 37.3 Å². The van der Waals surface area contributed by atoms with Crippen LogP contribution < -0.4 is 11.2 Å². The Balaban J connectivity index is 2.17. The fraction of sp³-hybridized carbons (Fsp3) is 0.133. The van der Waals surface area contributed by atoms with Crippen LogP contribution in [0.5, 0.6) is 0 Å². The Morgan fingerprint density at radius 3 is 2.91 bits per heavy atom. The van der Waals surface area contributed by atoms with Crippen LogP contribution in [0, 0.1) is 0 Å². The van der Waals surface area contributed by atoms with Gasteiger partial charge in [0.05, 0.1) is 18.4 Å². The predicted octanol–water partition coefficient (Wildman–Crippen LogP) is 2.13. The molecule has 1 aromatic heterocycles. The van der Waals surface area contributed by atoms with Gasteiger partial charge in [0.1, 0.15) is 11.5 Å². The van der Waals surface area contributed by atoms with Crippen molar-refractivity contribution >= 4 is 18.2 Å². The van der Waals surface area contributed by atoms with Crippen molar-refractivity contribution in [3.05, 3.63) is 47.7 Å². The third kappa shape index (κ3) is 3.95. The van der Waals surface area contributed by atoms with Gasteiger partial charge in [-0.3, -0.25) is 0 Å². The molecule has 2 aromatic rings. The Hall–Kier alpha value is -3.09. The lowest BCUT2D eigenvalue weighted by atomic mass is 10.1. The maximum Gasteiger partial charge on any atom is 0.338 e. The summed E-state index contributed by atoms with van der Waals surface area (Å²) in [7, 11) is 0. The number of nitrogens with zero attached hydrogens (tertiary/aromatic N) is 1. The van der Waals surface area contributed by atoms with E-state index < -0.39 is 6.03 Å². The zero-order valence-corrected chi connectivity index (χ0v) is 11.9. The van der Waals surface area contributed by atoms with Gasteiger partial charge in [0.15, 0.2) is 0 Å². The van der Waals surface area contributed by atoms with Gasteiger partial charge in [-0.05, 0) is 31.2 Å². The molecule has 2 rings (SSSR count). The second-order valence-electron chi connectivity index (χ2n) is 4.24. The summed E-state index contributed by atoms with van der Waals surface area (Å²) in [5.41, 5.74) is 8.13. The molecule has 0 atom stereocenters. The Kier molecular flexibility index (Phi) is 4.92. The normalized spacial score (nSPS) is 10.6. The zero-order chi connectivity index (χ0) is 15.9. The molecule has 0 saturated carbocycles. The Morgan fingerprint density at radius 1 is 1.36 bits per heavy atom. The van der Waals surface area contributed by atoms with Crippen molar-refractivity contribution in [2.75, 3.05) is 6.61 Å². The average molecular weight is 301 g/mol. The van der Waals surface area contributed by atoms with E-state index in [1.807, 2.05) is 6.07 Å². The number of benzene rings is 1. The smallest absolute Gasteiger partial charge is 0.338 e. The van der Waals surface area contributed by atoms with Gasteiger partial charge in [0.25, 0.3) is 0 Å². The average Bonchev–Trinajstić information content (AvgIpc) is 2.96. The van der Waals surface area contributed by atoms with Crippen molar-refractivity contribution in [2.45, 2.75) is 6.92 Å². The molecular weight excluding hydrogens is 286 g/mol. The fourth-order valence-electron chi connectivity index (χ4n) is 1.75. The third-order valence-electron chi connectivity index (χ3n) is 2.65. The van der Waals surface area contributed by atoms with Crippen LogP contribution in [-0.2, 0) is 4.74 Å². The van der Waals surface area contributed by atoms with Crippen molar-refractivity contribution in [3.8, 4) is 11.3 Å². The Bertz CT molecular complexity index is 706. The summed E-state index contributed by atoms with van der Waals surface area (Å²) in [6, 6.07) is 9.55. The number of hydrazone groups is 1. The van der Waals surface area contributed by atoms with E-state index in [1.165, 1.54) is 6.21 Å². The minimum Gasteiger partial charge on any atom is -0.462 e. The van der Waals surface area contributed by atoms with E-state index in [-0.39, 0.29) is 5.97 Å². The molecule has 0 aliphatic rings. The molecule has 0 bridgehead atoms. The van der Waals surface area contributed by atoms with Crippen molar-refractivity contribution in [3.63, 3.8) is 0 Å². The van der Waals surface area contributed by atoms with Crippen LogP contribution in [0.15, 0.2) is 45.9 Å². The van der Waals surface area contributed by atoms with Crippen molar-refractivity contribution in [1.82, 2.24) is 5.43 Å². The van der Waals surface area contributed by atoms with Crippen molar-refractivity contribution in [2.24, 2.45) is 10.8 Å². The number of rotatable bonds is 5.